The molecular formula is C8H15CuFO2. The molecule has 0 N–H and O–H groups in total. The van der Waals surface area contributed by atoms with Gasteiger partial charge in [0, 0.05) is 28.0 Å². The van der Waals surface area contributed by atoms with Crippen molar-refractivity contribution in [3.8, 4) is 0 Å². The molecule has 0 rings (SSSR count). The Kier molecular flexibility index (Phi) is 13.1. The maximum absolute atomic E-state index is 11.1. The predicted octanol–water partition coefficient (Wildman–Crippen LogP) is 2.77. The number of hydrogen-bond donors (Lipinski definition) is 0. The molecule has 0 aromatic rings. The number of rotatable bonds is 6. The third-order valence-electron chi connectivity index (χ3n) is 1.57. The van der Waals surface area contributed by atoms with E-state index in [9.17, 15) is 9.32 Å². The minimum absolute atomic E-state index is 0. The van der Waals surface area contributed by atoms with E-state index in [4.69, 9.17) is 0 Å². The fourth-order valence-electron chi connectivity index (χ4n) is 0.911. The van der Waals surface area contributed by atoms with E-state index in [2.05, 4.69) is 11.9 Å². The van der Waals surface area contributed by atoms with E-state index in [-0.39, 0.29) is 23.5 Å². The van der Waals surface area contributed by atoms with E-state index >= 15 is 0 Å². The summed E-state index contributed by atoms with van der Waals surface area (Å²) >= 11 is 0. The third-order valence-corrected chi connectivity index (χ3v) is 1.57. The van der Waals surface area contributed by atoms with Crippen LogP contribution in [0.15, 0.2) is 0 Å². The Labute approximate surface area is 83.2 Å². The molecule has 12 heavy (non-hydrogen) atoms. The summed E-state index contributed by atoms with van der Waals surface area (Å²) in [4.78, 5) is 13.3. The van der Waals surface area contributed by atoms with E-state index in [1.54, 1.807) is 0 Å². The van der Waals surface area contributed by atoms with Gasteiger partial charge in [-0.15, -0.1) is 0 Å². The quantitative estimate of drug-likeness (QED) is 0.513. The van der Waals surface area contributed by atoms with Crippen LogP contribution in [0, 0.1) is 0 Å². The summed E-state index contributed by atoms with van der Waals surface area (Å²) in [6.45, 7) is 2.12. The first-order valence-corrected chi connectivity index (χ1v) is 4.12. The van der Waals surface area contributed by atoms with Crippen molar-refractivity contribution in [2.45, 2.75) is 45.4 Å². The first kappa shape index (κ1) is 14.4. The maximum Gasteiger partial charge on any atom is 0.348 e. The van der Waals surface area contributed by atoms with Gasteiger partial charge in [-0.25, -0.2) is 4.79 Å². The molecule has 0 fully saturated rings. The summed E-state index contributed by atoms with van der Waals surface area (Å²) in [5.74, 6) is -0.749. The van der Waals surface area contributed by atoms with E-state index in [0.717, 1.165) is 19.3 Å². The molecule has 0 spiro atoms. The second kappa shape index (κ2) is 10.9. The number of carbonyl (C=O) groups is 1. The van der Waals surface area contributed by atoms with Crippen LogP contribution in [-0.4, -0.2) is 5.97 Å². The van der Waals surface area contributed by atoms with Gasteiger partial charge in [-0.05, 0) is 6.42 Å². The van der Waals surface area contributed by atoms with Crippen LogP contribution in [0.3, 0.4) is 0 Å². The maximum atomic E-state index is 11.1. The van der Waals surface area contributed by atoms with Crippen LogP contribution in [-0.2, 0) is 26.8 Å². The van der Waals surface area contributed by atoms with Crippen molar-refractivity contribution in [3.05, 3.63) is 0 Å². The van der Waals surface area contributed by atoms with Crippen LogP contribution in [0.25, 0.3) is 0 Å². The van der Waals surface area contributed by atoms with E-state index < -0.39 is 5.97 Å². The molecule has 0 aliphatic heterocycles. The Morgan fingerprint density at radius 3 is 2.33 bits per heavy atom. The standard InChI is InChI=1S/C8H15FO2.Cu/c1-2-3-4-5-6-7-8(10)11-9;/h2-7H2,1H3;. The SMILES string of the molecule is CCCCCCCC(=O)OF.[Cu]. The molecule has 0 atom stereocenters. The molecule has 0 unspecified atom stereocenters. The molecule has 0 saturated carbocycles. The molecule has 77 valence electrons. The van der Waals surface area contributed by atoms with Gasteiger partial charge < -0.3 is 0 Å². The average molecular weight is 226 g/mol. The molecule has 0 saturated heterocycles. The number of carbonyl (C=O) groups excluding carboxylic acids is 1. The monoisotopic (exact) mass is 225 g/mol. The van der Waals surface area contributed by atoms with Crippen LogP contribution in [0.5, 0.6) is 0 Å². The smallest absolute Gasteiger partial charge is 0.255 e. The summed E-state index contributed by atoms with van der Waals surface area (Å²) < 4.78 is 11.1. The van der Waals surface area contributed by atoms with Crippen molar-refractivity contribution in [3.63, 3.8) is 0 Å². The Hall–Kier alpha value is -0.0805. The van der Waals surface area contributed by atoms with Gasteiger partial charge in [0.05, 0.1) is 0 Å². The fourth-order valence-corrected chi connectivity index (χ4v) is 0.911. The summed E-state index contributed by atoms with van der Waals surface area (Å²) in [6.07, 6.45) is 5.42. The molecule has 2 nitrogen and oxygen atoms in total. The molecule has 0 aliphatic carbocycles. The van der Waals surface area contributed by atoms with Gasteiger partial charge in [0.2, 0.25) is 0 Å². The van der Waals surface area contributed by atoms with Crippen molar-refractivity contribution in [1.29, 1.82) is 0 Å². The minimum atomic E-state index is -0.749. The molecule has 0 aromatic carbocycles. The normalized spacial score (nSPS) is 8.83. The van der Waals surface area contributed by atoms with Gasteiger partial charge in [-0.3, -0.25) is 4.94 Å². The molecule has 0 aliphatic rings. The first-order valence-electron chi connectivity index (χ1n) is 4.12. The fraction of sp³-hybridized carbons (Fsp3) is 0.875. The van der Waals surface area contributed by atoms with Crippen molar-refractivity contribution in [2.75, 3.05) is 0 Å². The van der Waals surface area contributed by atoms with Gasteiger partial charge in [-0.2, -0.15) is 0 Å². The van der Waals surface area contributed by atoms with E-state index in [1.165, 1.54) is 12.8 Å². The zero-order valence-electron chi connectivity index (χ0n) is 7.24. The molecule has 0 heterocycles. The van der Waals surface area contributed by atoms with Crippen LogP contribution in [0.1, 0.15) is 45.4 Å². The summed E-state index contributed by atoms with van der Waals surface area (Å²) in [5.41, 5.74) is 0. The topological polar surface area (TPSA) is 26.3 Å². The number of hydrogen-bond acceptors (Lipinski definition) is 2. The zero-order chi connectivity index (χ0) is 8.53. The number of halogens is 1. The summed E-state index contributed by atoms with van der Waals surface area (Å²) in [7, 11) is 0. The van der Waals surface area contributed by atoms with Crippen LogP contribution >= 0.6 is 0 Å². The Morgan fingerprint density at radius 2 is 1.83 bits per heavy atom. The molecular weight excluding hydrogens is 211 g/mol. The van der Waals surface area contributed by atoms with Gasteiger partial charge in [0.25, 0.3) is 0 Å². The van der Waals surface area contributed by atoms with Crippen LogP contribution in [0.2, 0.25) is 0 Å². The molecule has 1 radical (unpaired) electrons. The number of unbranched alkanes of at least 4 members (excludes halogenated alkanes) is 4. The second-order valence-electron chi connectivity index (χ2n) is 2.61. The van der Waals surface area contributed by atoms with Crippen molar-refractivity contribution >= 4 is 5.97 Å². The summed E-state index contributed by atoms with van der Waals surface area (Å²) in [5, 5.41) is 0. The largest absolute Gasteiger partial charge is 0.348 e. The van der Waals surface area contributed by atoms with E-state index in [0.29, 0.717) is 0 Å². The predicted molar refractivity (Wildman–Crippen MR) is 40.6 cm³/mol. The minimum Gasteiger partial charge on any atom is -0.255 e. The molecule has 0 amide bonds. The molecule has 0 aromatic heterocycles. The second-order valence-corrected chi connectivity index (χ2v) is 2.61. The van der Waals surface area contributed by atoms with Crippen molar-refractivity contribution in [1.82, 2.24) is 0 Å². The van der Waals surface area contributed by atoms with E-state index in [1.807, 2.05) is 0 Å². The van der Waals surface area contributed by atoms with Crippen molar-refractivity contribution < 1.29 is 31.3 Å². The van der Waals surface area contributed by atoms with Crippen LogP contribution in [0.4, 0.5) is 4.53 Å². The van der Waals surface area contributed by atoms with Gasteiger partial charge in [0.15, 0.2) is 0 Å². The molecule has 0 bridgehead atoms. The first-order chi connectivity index (χ1) is 5.31. The summed E-state index contributed by atoms with van der Waals surface area (Å²) in [6, 6.07) is 0. The Morgan fingerprint density at radius 1 is 1.25 bits per heavy atom. The molecule has 4 heteroatoms. The average Bonchev–Trinajstić information content (AvgIpc) is 2.04. The van der Waals surface area contributed by atoms with Gasteiger partial charge in [-0.1, -0.05) is 32.6 Å². The van der Waals surface area contributed by atoms with Gasteiger partial charge >= 0.3 is 5.97 Å². The van der Waals surface area contributed by atoms with Crippen molar-refractivity contribution in [2.24, 2.45) is 0 Å². The zero-order valence-corrected chi connectivity index (χ0v) is 8.18. The third kappa shape index (κ3) is 9.92. The Balaban J connectivity index is 0. The van der Waals surface area contributed by atoms with Gasteiger partial charge in [0.1, 0.15) is 0 Å². The Bertz CT molecular complexity index is 109. The van der Waals surface area contributed by atoms with Crippen LogP contribution < -0.4 is 0 Å².